The fraction of sp³-hybridized carbons (Fsp3) is 0.625. The van der Waals surface area contributed by atoms with E-state index in [4.69, 9.17) is 26.2 Å². The molecule has 1 aliphatic heterocycles. The van der Waals surface area contributed by atoms with Crippen molar-refractivity contribution in [3.63, 3.8) is 0 Å². The third-order valence-corrected chi connectivity index (χ3v) is 11.2. The highest BCUT2D eigenvalue weighted by molar-refractivity contribution is 7.16. The van der Waals surface area contributed by atoms with Crippen LogP contribution in [0.3, 0.4) is 0 Å². The standard InChI is InChI=1S/C32H43N7O3S/c1-18(23-7-5-14-39(23)2)42-31-21-10-9-19(17-36-13-15-40)27(21)37-30(38-31)26(34)20-6-3-11-32(28(20)41)12-4-8-24-25(32)22(16-33)29(35)43-24/h18-19,23,36,40H,3-15,17,34-35H2,1-2H3/b26-20-/t18-,19+,23-,32-/m0/s1. The summed E-state index contributed by atoms with van der Waals surface area (Å²) in [5.74, 6) is 1.03. The van der Waals surface area contributed by atoms with E-state index in [1.165, 1.54) is 11.3 Å². The monoisotopic (exact) mass is 605 g/mol. The number of anilines is 1. The number of allylic oxidation sites excluding steroid dienone is 1. The van der Waals surface area contributed by atoms with E-state index < -0.39 is 5.41 Å². The average Bonchev–Trinajstić information content (AvgIpc) is 3.71. The van der Waals surface area contributed by atoms with Crippen LogP contribution in [-0.4, -0.2) is 71.2 Å². The number of likely N-dealkylation sites (N-methyl/N-ethyl adjacent to an activating group) is 1. The Morgan fingerprint density at radius 3 is 2.77 bits per heavy atom. The quantitative estimate of drug-likeness (QED) is 0.260. The molecule has 4 atom stereocenters. The van der Waals surface area contributed by atoms with Crippen LogP contribution in [-0.2, 0) is 23.1 Å². The highest BCUT2D eigenvalue weighted by Gasteiger charge is 2.49. The van der Waals surface area contributed by atoms with Crippen LogP contribution < -0.4 is 21.5 Å². The molecule has 3 aliphatic carbocycles. The molecule has 2 aromatic heterocycles. The number of thiophene rings is 1. The van der Waals surface area contributed by atoms with Crippen LogP contribution in [0.25, 0.3) is 5.70 Å². The summed E-state index contributed by atoms with van der Waals surface area (Å²) in [6.07, 6.45) is 8.29. The zero-order valence-corrected chi connectivity index (χ0v) is 26.1. The second kappa shape index (κ2) is 12.2. The molecule has 43 heavy (non-hydrogen) atoms. The van der Waals surface area contributed by atoms with Crippen molar-refractivity contribution in [2.24, 2.45) is 5.73 Å². The van der Waals surface area contributed by atoms with Crippen LogP contribution in [0, 0.1) is 11.3 Å². The summed E-state index contributed by atoms with van der Waals surface area (Å²) < 4.78 is 6.62. The number of aromatic nitrogens is 2. The molecule has 4 aliphatic rings. The molecule has 1 spiro atoms. The van der Waals surface area contributed by atoms with Gasteiger partial charge in [0.05, 0.1) is 29.0 Å². The predicted molar refractivity (Wildman–Crippen MR) is 167 cm³/mol. The molecule has 6 N–H and O–H groups in total. The number of Topliss-reactive ketones (excluding diaryl/α,β-unsaturated/α-hetero) is 1. The zero-order valence-electron chi connectivity index (χ0n) is 25.2. The van der Waals surface area contributed by atoms with E-state index in [-0.39, 0.29) is 24.4 Å². The van der Waals surface area contributed by atoms with Crippen molar-refractivity contribution in [3.8, 4) is 11.9 Å². The number of aliphatic hydroxyl groups is 1. The molecule has 1 saturated heterocycles. The average molecular weight is 606 g/mol. The number of hydrogen-bond acceptors (Lipinski definition) is 11. The van der Waals surface area contributed by atoms with Crippen molar-refractivity contribution in [2.75, 3.05) is 39.0 Å². The second-order valence-corrected chi connectivity index (χ2v) is 13.8. The van der Waals surface area contributed by atoms with E-state index in [9.17, 15) is 15.2 Å². The molecule has 2 aromatic rings. The van der Waals surface area contributed by atoms with E-state index in [2.05, 4.69) is 30.3 Å². The number of nitrogens with one attached hydrogen (secondary N) is 1. The van der Waals surface area contributed by atoms with Gasteiger partial charge in [-0.2, -0.15) is 10.2 Å². The largest absolute Gasteiger partial charge is 0.473 e. The van der Waals surface area contributed by atoms with E-state index in [0.29, 0.717) is 71.9 Å². The Balaban J connectivity index is 1.40. The van der Waals surface area contributed by atoms with Crippen LogP contribution >= 0.6 is 11.3 Å². The molecule has 6 rings (SSSR count). The normalized spacial score (nSPS) is 27.2. The molecular formula is C32H43N7O3S. The minimum atomic E-state index is -0.778. The van der Waals surface area contributed by atoms with Gasteiger partial charge in [0.2, 0.25) is 5.88 Å². The molecular weight excluding hydrogens is 562 g/mol. The maximum absolute atomic E-state index is 14.5. The third kappa shape index (κ3) is 5.22. The lowest BCUT2D eigenvalue weighted by atomic mass is 9.61. The first-order valence-corrected chi connectivity index (χ1v) is 16.6. The van der Waals surface area contributed by atoms with Gasteiger partial charge in [-0.3, -0.25) is 9.69 Å². The molecule has 0 amide bonds. The number of likely N-dealkylation sites (tertiary alicyclic amines) is 1. The number of fused-ring (bicyclic) bond motifs is 3. The Bertz CT molecular complexity index is 1480. The first kappa shape index (κ1) is 30.0. The minimum absolute atomic E-state index is 0.0137. The van der Waals surface area contributed by atoms with Gasteiger partial charge in [-0.15, -0.1) is 11.3 Å². The molecule has 0 aromatic carbocycles. The third-order valence-electron chi connectivity index (χ3n) is 10.1. The topological polar surface area (TPSA) is 163 Å². The van der Waals surface area contributed by atoms with Gasteiger partial charge in [-0.05, 0) is 90.3 Å². The predicted octanol–water partition coefficient (Wildman–Crippen LogP) is 3.16. The number of ether oxygens (including phenoxy) is 1. The molecule has 0 unspecified atom stereocenters. The molecule has 11 heteroatoms. The van der Waals surface area contributed by atoms with E-state index >= 15 is 0 Å². The minimum Gasteiger partial charge on any atom is -0.473 e. The van der Waals surface area contributed by atoms with Crippen molar-refractivity contribution >= 4 is 27.8 Å². The van der Waals surface area contributed by atoms with Gasteiger partial charge in [-0.25, -0.2) is 4.98 Å². The van der Waals surface area contributed by atoms with Crippen molar-refractivity contribution in [2.45, 2.75) is 94.6 Å². The SMILES string of the molecule is C[C@H](Oc1nc(/C(N)=C2\CCC[C@@]3(CCCc4sc(N)c(C#N)c43)C2=O)nc2c1CC[C@@H]2CNCCO)[C@@H]1CCCN1C. The van der Waals surface area contributed by atoms with E-state index in [1.54, 1.807) is 0 Å². The highest BCUT2D eigenvalue weighted by Crippen LogP contribution is 2.52. The summed E-state index contributed by atoms with van der Waals surface area (Å²) in [4.78, 5) is 27.8. The number of nitriles is 1. The molecule has 1 saturated carbocycles. The van der Waals surface area contributed by atoms with Gasteiger partial charge in [-0.1, -0.05) is 0 Å². The first-order valence-electron chi connectivity index (χ1n) is 15.7. The zero-order chi connectivity index (χ0) is 30.3. The number of carbonyl (C=O) groups excluding carboxylic acids is 1. The summed E-state index contributed by atoms with van der Waals surface area (Å²) in [7, 11) is 2.14. The number of carbonyl (C=O) groups is 1. The van der Waals surface area contributed by atoms with Crippen LogP contribution in [0.2, 0.25) is 0 Å². The van der Waals surface area contributed by atoms with E-state index in [1.807, 2.05) is 0 Å². The maximum atomic E-state index is 14.5. The molecule has 2 fully saturated rings. The smallest absolute Gasteiger partial charge is 0.220 e. The second-order valence-electron chi connectivity index (χ2n) is 12.7. The number of nitrogens with two attached hydrogens (primary N) is 2. The number of rotatable bonds is 8. The summed E-state index contributed by atoms with van der Waals surface area (Å²) in [6.45, 7) is 4.43. The number of nitrogens with zero attached hydrogens (tertiary/aromatic N) is 4. The van der Waals surface area contributed by atoms with Gasteiger partial charge < -0.3 is 26.6 Å². The Labute approximate surface area is 257 Å². The lowest BCUT2D eigenvalue weighted by Crippen LogP contribution is -2.43. The Kier molecular flexibility index (Phi) is 8.48. The van der Waals surface area contributed by atoms with Gasteiger partial charge in [0.15, 0.2) is 11.6 Å². The van der Waals surface area contributed by atoms with Crippen molar-refractivity contribution < 1.29 is 14.6 Å². The van der Waals surface area contributed by atoms with Crippen molar-refractivity contribution in [1.82, 2.24) is 20.2 Å². The van der Waals surface area contributed by atoms with E-state index in [0.717, 1.165) is 73.2 Å². The van der Waals surface area contributed by atoms with Gasteiger partial charge in [0, 0.05) is 41.1 Å². The number of hydrogen-bond donors (Lipinski definition) is 4. The summed E-state index contributed by atoms with van der Waals surface area (Å²) in [5.41, 5.74) is 16.5. The summed E-state index contributed by atoms with van der Waals surface area (Å²) >= 11 is 1.45. The lowest BCUT2D eigenvalue weighted by Gasteiger charge is -2.40. The number of nitrogen functional groups attached to an aromatic ring is 1. The molecule has 230 valence electrons. The fourth-order valence-electron chi connectivity index (χ4n) is 7.98. The number of ketones is 1. The molecule has 10 nitrogen and oxygen atoms in total. The molecule has 0 radical (unpaired) electrons. The van der Waals surface area contributed by atoms with Crippen LogP contribution in [0.4, 0.5) is 5.00 Å². The van der Waals surface area contributed by atoms with Gasteiger partial charge >= 0.3 is 0 Å². The van der Waals surface area contributed by atoms with Crippen molar-refractivity contribution in [1.29, 1.82) is 5.26 Å². The molecule has 0 bridgehead atoms. The van der Waals surface area contributed by atoms with Crippen LogP contribution in [0.5, 0.6) is 5.88 Å². The first-order chi connectivity index (χ1) is 20.8. The fourth-order valence-corrected chi connectivity index (χ4v) is 9.14. The van der Waals surface area contributed by atoms with Crippen LogP contribution in [0.1, 0.15) is 97.3 Å². The molecule has 3 heterocycles. The Hall–Kier alpha value is -3.04. The van der Waals surface area contributed by atoms with Gasteiger partial charge in [0.25, 0.3) is 0 Å². The summed E-state index contributed by atoms with van der Waals surface area (Å²) in [5, 5.41) is 23.1. The lowest BCUT2D eigenvalue weighted by molar-refractivity contribution is -0.122. The van der Waals surface area contributed by atoms with Crippen molar-refractivity contribution in [3.05, 3.63) is 38.7 Å². The van der Waals surface area contributed by atoms with Gasteiger partial charge in [0.1, 0.15) is 17.2 Å². The number of aryl methyl sites for hydroxylation is 1. The van der Waals surface area contributed by atoms with Crippen LogP contribution in [0.15, 0.2) is 5.57 Å². The number of aliphatic hydroxyl groups excluding tert-OH is 1. The summed E-state index contributed by atoms with van der Waals surface area (Å²) in [6, 6.07) is 2.60. The Morgan fingerprint density at radius 1 is 1.26 bits per heavy atom. The maximum Gasteiger partial charge on any atom is 0.220 e. The highest BCUT2D eigenvalue weighted by atomic mass is 32.1. The Morgan fingerprint density at radius 2 is 2.05 bits per heavy atom.